The van der Waals surface area contributed by atoms with Gasteiger partial charge in [0.25, 0.3) is 0 Å². The van der Waals surface area contributed by atoms with Crippen LogP contribution in [-0.2, 0) is 17.6 Å². The molecule has 192 valence electrons. The van der Waals surface area contributed by atoms with Crippen LogP contribution in [0.2, 0.25) is 0 Å². The maximum Gasteiger partial charge on any atom is 0.222 e. The van der Waals surface area contributed by atoms with Gasteiger partial charge < -0.3 is 36.3 Å². The molecule has 3 aromatic rings. The first kappa shape index (κ1) is 25.8. The van der Waals surface area contributed by atoms with Gasteiger partial charge in [-0.05, 0) is 43.2 Å². The highest BCUT2D eigenvalue weighted by atomic mass is 32.1. The van der Waals surface area contributed by atoms with Gasteiger partial charge >= 0.3 is 0 Å². The summed E-state index contributed by atoms with van der Waals surface area (Å²) in [6.45, 7) is 0.281. The number of carbonyl (C=O) groups excluding carboxylic acids is 1. The second-order valence-electron chi connectivity index (χ2n) is 8.83. The Balaban J connectivity index is 1.53. The number of nitrogens with two attached hydrogens (primary N) is 1. The highest BCUT2D eigenvalue weighted by molar-refractivity contribution is 7.19. The van der Waals surface area contributed by atoms with E-state index < -0.39 is 0 Å². The second-order valence-corrected chi connectivity index (χ2v) is 9.92. The predicted molar refractivity (Wildman–Crippen MR) is 141 cm³/mol. The number of carbonyl (C=O) groups is 1. The van der Waals surface area contributed by atoms with E-state index in [-0.39, 0.29) is 32.2 Å². The van der Waals surface area contributed by atoms with Gasteiger partial charge in [-0.3, -0.25) is 4.79 Å². The molecule has 1 atom stereocenters. The van der Waals surface area contributed by atoms with Crippen LogP contribution in [0.25, 0.3) is 10.2 Å². The first-order valence-corrected chi connectivity index (χ1v) is 12.8. The molecule has 1 aliphatic carbocycles. The third-order valence-corrected chi connectivity index (χ3v) is 7.78. The molecule has 0 spiro atoms. The van der Waals surface area contributed by atoms with E-state index in [1.165, 1.54) is 21.6 Å². The van der Waals surface area contributed by atoms with E-state index >= 15 is 0 Å². The van der Waals surface area contributed by atoms with Crippen molar-refractivity contribution in [1.29, 1.82) is 5.41 Å². The Morgan fingerprint density at radius 1 is 1.33 bits per heavy atom. The zero-order valence-corrected chi connectivity index (χ0v) is 21.1. The number of aryl methyl sites for hydroxylation is 1. The molecule has 11 heteroatoms. The molecule has 1 amide bonds. The van der Waals surface area contributed by atoms with Crippen molar-refractivity contribution in [1.82, 2.24) is 14.9 Å². The molecule has 1 unspecified atom stereocenters. The zero-order valence-electron chi connectivity index (χ0n) is 20.3. The molecule has 0 saturated heterocycles. The van der Waals surface area contributed by atoms with Gasteiger partial charge in [0.2, 0.25) is 5.91 Å². The van der Waals surface area contributed by atoms with Crippen molar-refractivity contribution >= 4 is 50.9 Å². The molecule has 10 nitrogen and oxygen atoms in total. The number of benzene rings is 1. The number of amides is 1. The molecule has 2 heterocycles. The number of fused-ring (bicyclic) bond motifs is 3. The van der Waals surface area contributed by atoms with E-state index in [2.05, 4.69) is 15.3 Å². The molecule has 4 rings (SSSR count). The summed E-state index contributed by atoms with van der Waals surface area (Å²) in [5, 5.41) is 30.3. The molecule has 1 aliphatic rings. The van der Waals surface area contributed by atoms with E-state index in [1.54, 1.807) is 36.9 Å². The van der Waals surface area contributed by atoms with Gasteiger partial charge in [0.1, 0.15) is 22.7 Å². The number of nitrogens with one attached hydrogen (secondary N) is 2. The van der Waals surface area contributed by atoms with Crippen molar-refractivity contribution in [2.24, 2.45) is 5.92 Å². The SMILES string of the molecule is COc1cc(N)c(C=N)cc1Nc1ncnc2sc3c(c12)CCC(CCC(=O)N(CCO)CCO)C3. The maximum atomic E-state index is 12.5. The monoisotopic (exact) mass is 512 g/mol. The summed E-state index contributed by atoms with van der Waals surface area (Å²) in [5.74, 6) is 1.61. The van der Waals surface area contributed by atoms with Crippen molar-refractivity contribution in [3.8, 4) is 5.75 Å². The van der Waals surface area contributed by atoms with Crippen LogP contribution in [0.3, 0.4) is 0 Å². The number of anilines is 3. The van der Waals surface area contributed by atoms with Crippen LogP contribution >= 0.6 is 11.3 Å². The van der Waals surface area contributed by atoms with Crippen LogP contribution < -0.4 is 15.8 Å². The molecule has 0 radical (unpaired) electrons. The number of aliphatic hydroxyl groups excluding tert-OH is 2. The Morgan fingerprint density at radius 3 is 2.81 bits per heavy atom. The molecule has 36 heavy (non-hydrogen) atoms. The lowest BCUT2D eigenvalue weighted by molar-refractivity contribution is -0.132. The maximum absolute atomic E-state index is 12.5. The fraction of sp³-hybridized carbons (Fsp3) is 0.440. The number of methoxy groups -OCH3 is 1. The number of hydrogen-bond acceptors (Lipinski definition) is 10. The van der Waals surface area contributed by atoms with Crippen LogP contribution in [0.15, 0.2) is 18.5 Å². The third kappa shape index (κ3) is 5.43. The Kier molecular flexibility index (Phi) is 8.34. The number of thiophene rings is 1. The van der Waals surface area contributed by atoms with Crippen LogP contribution in [0, 0.1) is 11.3 Å². The van der Waals surface area contributed by atoms with Gasteiger partial charge in [-0.2, -0.15) is 0 Å². The van der Waals surface area contributed by atoms with Crippen molar-refractivity contribution < 1.29 is 19.7 Å². The lowest BCUT2D eigenvalue weighted by Crippen LogP contribution is -2.36. The van der Waals surface area contributed by atoms with E-state index in [9.17, 15) is 15.0 Å². The average Bonchev–Trinajstić information content (AvgIpc) is 3.26. The number of nitrogens with zero attached hydrogens (tertiary/aromatic N) is 3. The predicted octanol–water partition coefficient (Wildman–Crippen LogP) is 2.72. The first-order valence-electron chi connectivity index (χ1n) is 12.0. The molecule has 0 aliphatic heterocycles. The first-order chi connectivity index (χ1) is 17.5. The summed E-state index contributed by atoms with van der Waals surface area (Å²) in [4.78, 5) is 25.3. The molecule has 0 bridgehead atoms. The summed E-state index contributed by atoms with van der Waals surface area (Å²) in [6.07, 6.45) is 6.64. The number of aliphatic hydroxyl groups is 2. The van der Waals surface area contributed by atoms with Crippen LogP contribution in [0.1, 0.15) is 35.3 Å². The third-order valence-electron chi connectivity index (χ3n) is 6.62. The summed E-state index contributed by atoms with van der Waals surface area (Å²) < 4.78 is 5.49. The molecular weight excluding hydrogens is 480 g/mol. The Hall–Kier alpha value is -3.28. The lowest BCUT2D eigenvalue weighted by atomic mass is 9.85. The summed E-state index contributed by atoms with van der Waals surface area (Å²) in [6, 6.07) is 3.47. The Bertz CT molecular complexity index is 1240. The fourth-order valence-electron chi connectivity index (χ4n) is 4.74. The quantitative estimate of drug-likeness (QED) is 0.194. The van der Waals surface area contributed by atoms with Gasteiger partial charge in [0.05, 0.1) is 31.4 Å². The van der Waals surface area contributed by atoms with E-state index in [4.69, 9.17) is 15.9 Å². The van der Waals surface area contributed by atoms with E-state index in [0.717, 1.165) is 35.9 Å². The molecule has 0 fully saturated rings. The summed E-state index contributed by atoms with van der Waals surface area (Å²) in [5.41, 5.74) is 8.98. The summed E-state index contributed by atoms with van der Waals surface area (Å²) in [7, 11) is 1.57. The summed E-state index contributed by atoms with van der Waals surface area (Å²) >= 11 is 1.67. The van der Waals surface area contributed by atoms with Crippen LogP contribution in [-0.4, -0.2) is 70.6 Å². The van der Waals surface area contributed by atoms with Crippen molar-refractivity contribution in [2.45, 2.75) is 32.1 Å². The number of rotatable bonds is 11. The van der Waals surface area contributed by atoms with Crippen molar-refractivity contribution in [3.63, 3.8) is 0 Å². The smallest absolute Gasteiger partial charge is 0.222 e. The van der Waals surface area contributed by atoms with Crippen molar-refractivity contribution in [2.75, 3.05) is 44.5 Å². The molecule has 1 aromatic carbocycles. The van der Waals surface area contributed by atoms with Gasteiger partial charge in [0, 0.05) is 47.9 Å². The largest absolute Gasteiger partial charge is 0.494 e. The minimum Gasteiger partial charge on any atom is -0.494 e. The fourth-order valence-corrected chi connectivity index (χ4v) is 6.04. The van der Waals surface area contributed by atoms with Crippen LogP contribution in [0.5, 0.6) is 5.75 Å². The second kappa shape index (κ2) is 11.6. The lowest BCUT2D eigenvalue weighted by Gasteiger charge is -2.25. The molecular formula is C25H32N6O4S. The van der Waals surface area contributed by atoms with Crippen LogP contribution in [0.4, 0.5) is 17.2 Å². The number of hydrogen-bond donors (Lipinski definition) is 5. The average molecular weight is 513 g/mol. The minimum atomic E-state index is -0.108. The van der Waals surface area contributed by atoms with E-state index in [1.807, 2.05) is 0 Å². The topological polar surface area (TPSA) is 158 Å². The van der Waals surface area contributed by atoms with Crippen molar-refractivity contribution in [3.05, 3.63) is 34.5 Å². The number of aromatic nitrogens is 2. The molecule has 0 saturated carbocycles. The van der Waals surface area contributed by atoms with Gasteiger partial charge in [-0.1, -0.05) is 0 Å². The normalized spacial score (nSPS) is 14.9. The van der Waals surface area contributed by atoms with Gasteiger partial charge in [0.15, 0.2) is 0 Å². The number of nitrogen functional groups attached to an aromatic ring is 1. The highest BCUT2D eigenvalue weighted by Crippen LogP contribution is 2.42. The Labute approximate surface area is 213 Å². The highest BCUT2D eigenvalue weighted by Gasteiger charge is 2.26. The minimum absolute atomic E-state index is 0.0284. The standard InChI is InChI=1S/C25H32N6O4S/c1-35-20-12-18(27)16(13-26)11-19(20)30-24-23-17-4-2-15(10-21(17)36-25(23)29-14-28-24)3-5-22(34)31(6-8-32)7-9-33/h11-15,26,32-33H,2-10,27H2,1H3,(H,28,29,30). The molecule has 2 aromatic heterocycles. The van der Waals surface area contributed by atoms with Gasteiger partial charge in [-0.25, -0.2) is 9.97 Å². The van der Waals surface area contributed by atoms with Gasteiger partial charge in [-0.15, -0.1) is 11.3 Å². The molecule has 6 N–H and O–H groups in total. The van der Waals surface area contributed by atoms with E-state index in [0.29, 0.717) is 40.8 Å². The Morgan fingerprint density at radius 2 is 2.11 bits per heavy atom. The zero-order chi connectivity index (χ0) is 25.7. The number of ether oxygens (including phenoxy) is 1.